The number of phenols is 1. The number of hydrogen-bond donors (Lipinski definition) is 2. The number of rotatable bonds is 5. The van der Waals surface area contributed by atoms with Gasteiger partial charge in [0.2, 0.25) is 0 Å². The smallest absolute Gasteiger partial charge is 0.383 e. The molecule has 0 radical (unpaired) electrons. The van der Waals surface area contributed by atoms with Gasteiger partial charge in [-0.25, -0.2) is 0 Å². The predicted octanol–water partition coefficient (Wildman–Crippen LogP) is 2.46. The number of para-hydroxylation sites is 2. The first-order valence-electron chi connectivity index (χ1n) is 5.68. The van der Waals surface area contributed by atoms with E-state index in [9.17, 15) is 13.5 Å². The van der Waals surface area contributed by atoms with Crippen LogP contribution >= 0.6 is 11.6 Å². The van der Waals surface area contributed by atoms with E-state index in [-0.39, 0.29) is 18.0 Å². The molecular weight excluding hydrogens is 302 g/mol. The summed E-state index contributed by atoms with van der Waals surface area (Å²) in [4.78, 5) is 0. The molecule has 2 rings (SSSR count). The van der Waals surface area contributed by atoms with Crippen LogP contribution < -0.4 is 8.91 Å². The number of nitrogens with one attached hydrogen (secondary N) is 1. The predicted molar refractivity (Wildman–Crippen MR) is 75.9 cm³/mol. The van der Waals surface area contributed by atoms with Crippen LogP contribution in [-0.4, -0.2) is 13.5 Å². The third kappa shape index (κ3) is 3.86. The van der Waals surface area contributed by atoms with Crippen molar-refractivity contribution in [1.82, 2.24) is 4.72 Å². The van der Waals surface area contributed by atoms with Crippen molar-refractivity contribution < 1.29 is 17.7 Å². The molecule has 0 aliphatic heterocycles. The van der Waals surface area contributed by atoms with Crippen LogP contribution in [0.5, 0.6) is 11.5 Å². The number of hydrogen-bond acceptors (Lipinski definition) is 4. The molecule has 0 atom stereocenters. The first kappa shape index (κ1) is 14.6. The highest BCUT2D eigenvalue weighted by molar-refractivity contribution is 7.85. The Balaban J connectivity index is 2.05. The summed E-state index contributed by atoms with van der Waals surface area (Å²) in [6, 6.07) is 12.7. The van der Waals surface area contributed by atoms with E-state index < -0.39 is 10.3 Å². The Kier molecular flexibility index (Phi) is 4.49. The maximum absolute atomic E-state index is 11.7. The molecule has 0 aliphatic rings. The van der Waals surface area contributed by atoms with Gasteiger partial charge in [0.1, 0.15) is 0 Å². The Hall–Kier alpha value is -1.76. The maximum atomic E-state index is 11.7. The molecule has 7 heteroatoms. The van der Waals surface area contributed by atoms with Crippen molar-refractivity contribution in [3.63, 3.8) is 0 Å². The van der Waals surface area contributed by atoms with Crippen LogP contribution in [0.1, 0.15) is 5.56 Å². The van der Waals surface area contributed by atoms with E-state index in [1.807, 2.05) is 0 Å². The summed E-state index contributed by atoms with van der Waals surface area (Å²) in [7, 11) is -4.04. The lowest BCUT2D eigenvalue weighted by Gasteiger charge is -2.09. The molecule has 0 heterocycles. The molecule has 5 nitrogen and oxygen atoms in total. The maximum Gasteiger partial charge on any atom is 0.383 e. The lowest BCUT2D eigenvalue weighted by Crippen LogP contribution is -2.28. The molecule has 2 N–H and O–H groups in total. The highest BCUT2D eigenvalue weighted by Gasteiger charge is 2.15. The fourth-order valence-electron chi connectivity index (χ4n) is 1.48. The Bertz CT molecular complexity index is 703. The van der Waals surface area contributed by atoms with E-state index in [1.54, 1.807) is 36.4 Å². The van der Waals surface area contributed by atoms with Crippen LogP contribution in [0.3, 0.4) is 0 Å². The summed E-state index contributed by atoms with van der Waals surface area (Å²) in [6.07, 6.45) is 0. The Morgan fingerprint density at radius 1 is 1.10 bits per heavy atom. The molecule has 0 saturated carbocycles. The van der Waals surface area contributed by atoms with Gasteiger partial charge in [-0.15, -0.1) is 0 Å². The lowest BCUT2D eigenvalue weighted by atomic mass is 10.2. The van der Waals surface area contributed by atoms with Crippen LogP contribution in [-0.2, 0) is 16.8 Å². The van der Waals surface area contributed by atoms with Crippen LogP contribution in [0.2, 0.25) is 5.02 Å². The summed E-state index contributed by atoms with van der Waals surface area (Å²) in [5.41, 5.74) is 0.624. The number of aromatic hydroxyl groups is 1. The van der Waals surface area contributed by atoms with Gasteiger partial charge in [-0.2, -0.15) is 13.1 Å². The summed E-state index contributed by atoms with van der Waals surface area (Å²) >= 11 is 5.92. The number of benzene rings is 2. The summed E-state index contributed by atoms with van der Waals surface area (Å²) in [6.45, 7) is -0.00436. The standard InChI is InChI=1S/C13H12ClNO4S/c14-11-6-2-1-5-10(11)9-15-20(17,18)19-13-8-4-3-7-12(13)16/h1-8,15-16H,9H2. The normalized spacial score (nSPS) is 11.2. The first-order chi connectivity index (χ1) is 9.48. The van der Waals surface area contributed by atoms with Crippen molar-refractivity contribution in [2.75, 3.05) is 0 Å². The van der Waals surface area contributed by atoms with Crippen molar-refractivity contribution in [2.24, 2.45) is 0 Å². The summed E-state index contributed by atoms with van der Waals surface area (Å²) in [5.74, 6) is -0.394. The zero-order chi connectivity index (χ0) is 14.6. The van der Waals surface area contributed by atoms with Gasteiger partial charge >= 0.3 is 10.3 Å². The van der Waals surface area contributed by atoms with Gasteiger partial charge in [0.05, 0.1) is 0 Å². The van der Waals surface area contributed by atoms with Gasteiger partial charge in [-0.3, -0.25) is 0 Å². The van der Waals surface area contributed by atoms with Gasteiger partial charge < -0.3 is 9.29 Å². The molecule has 0 aromatic heterocycles. The van der Waals surface area contributed by atoms with Gasteiger partial charge in [0.25, 0.3) is 0 Å². The molecule has 20 heavy (non-hydrogen) atoms. The van der Waals surface area contributed by atoms with E-state index in [1.165, 1.54) is 12.1 Å². The number of halogens is 1. The Labute approximate surface area is 122 Å². The number of phenolic OH excluding ortho intramolecular Hbond substituents is 1. The second kappa shape index (κ2) is 6.13. The molecule has 2 aromatic rings. The van der Waals surface area contributed by atoms with Crippen LogP contribution in [0.25, 0.3) is 0 Å². The highest BCUT2D eigenvalue weighted by Crippen LogP contribution is 2.25. The SMILES string of the molecule is O=S(=O)(NCc1ccccc1Cl)Oc1ccccc1O. The molecule has 0 amide bonds. The van der Waals surface area contributed by atoms with Gasteiger partial charge in [-0.05, 0) is 23.8 Å². The second-order valence-electron chi connectivity index (χ2n) is 3.92. The third-order valence-corrected chi connectivity index (χ3v) is 3.73. The van der Waals surface area contributed by atoms with Gasteiger partial charge in [0, 0.05) is 11.6 Å². The zero-order valence-corrected chi connectivity index (χ0v) is 11.9. The van der Waals surface area contributed by atoms with Crippen LogP contribution in [0.15, 0.2) is 48.5 Å². The quantitative estimate of drug-likeness (QED) is 0.889. The molecule has 0 spiro atoms. The van der Waals surface area contributed by atoms with E-state index in [0.29, 0.717) is 10.6 Å². The van der Waals surface area contributed by atoms with E-state index >= 15 is 0 Å². The third-order valence-electron chi connectivity index (χ3n) is 2.46. The van der Waals surface area contributed by atoms with Crippen molar-refractivity contribution in [3.05, 3.63) is 59.1 Å². The Morgan fingerprint density at radius 2 is 1.75 bits per heavy atom. The average molecular weight is 314 g/mol. The van der Waals surface area contributed by atoms with Gasteiger partial charge in [0.15, 0.2) is 11.5 Å². The molecule has 0 bridgehead atoms. The molecule has 106 valence electrons. The molecule has 2 aromatic carbocycles. The minimum atomic E-state index is -4.04. The summed E-state index contributed by atoms with van der Waals surface area (Å²) in [5, 5.41) is 9.92. The molecule has 0 unspecified atom stereocenters. The lowest BCUT2D eigenvalue weighted by molar-refractivity contribution is 0.422. The van der Waals surface area contributed by atoms with Crippen LogP contribution in [0.4, 0.5) is 0 Å². The van der Waals surface area contributed by atoms with Crippen molar-refractivity contribution in [1.29, 1.82) is 0 Å². The molecule has 0 saturated heterocycles. The largest absolute Gasteiger partial charge is 0.504 e. The zero-order valence-electron chi connectivity index (χ0n) is 10.3. The average Bonchev–Trinajstić information content (AvgIpc) is 2.40. The van der Waals surface area contributed by atoms with E-state index in [0.717, 1.165) is 0 Å². The minimum Gasteiger partial charge on any atom is -0.504 e. The Morgan fingerprint density at radius 3 is 2.45 bits per heavy atom. The van der Waals surface area contributed by atoms with Crippen molar-refractivity contribution in [3.8, 4) is 11.5 Å². The summed E-state index contributed by atoms with van der Waals surface area (Å²) < 4.78 is 30.5. The highest BCUT2D eigenvalue weighted by atomic mass is 35.5. The molecule has 0 aliphatic carbocycles. The fraction of sp³-hybridized carbons (Fsp3) is 0.0769. The van der Waals surface area contributed by atoms with Gasteiger partial charge in [-0.1, -0.05) is 41.9 Å². The first-order valence-corrected chi connectivity index (χ1v) is 7.47. The fourth-order valence-corrected chi connectivity index (χ4v) is 2.45. The topological polar surface area (TPSA) is 75.6 Å². The van der Waals surface area contributed by atoms with Crippen LogP contribution in [0, 0.1) is 0 Å². The van der Waals surface area contributed by atoms with E-state index in [2.05, 4.69) is 4.72 Å². The molecule has 0 fully saturated rings. The second-order valence-corrected chi connectivity index (χ2v) is 5.69. The molecular formula is C13H12ClNO4S. The minimum absolute atomic E-state index is 0.00436. The van der Waals surface area contributed by atoms with E-state index in [4.69, 9.17) is 15.8 Å². The van der Waals surface area contributed by atoms with Crippen molar-refractivity contribution >= 4 is 21.9 Å². The van der Waals surface area contributed by atoms with Crippen molar-refractivity contribution in [2.45, 2.75) is 6.54 Å². The monoisotopic (exact) mass is 313 g/mol.